The Bertz CT molecular complexity index is 585. The van der Waals surface area contributed by atoms with E-state index in [0.717, 1.165) is 11.3 Å². The van der Waals surface area contributed by atoms with E-state index in [1.807, 2.05) is 6.20 Å². The average Bonchev–Trinajstić information content (AvgIpc) is 3.12. The van der Waals surface area contributed by atoms with Crippen LogP contribution in [0.2, 0.25) is 0 Å². The van der Waals surface area contributed by atoms with Crippen LogP contribution in [0.5, 0.6) is 5.75 Å². The molecule has 1 aliphatic carbocycles. The van der Waals surface area contributed by atoms with E-state index in [9.17, 15) is 0 Å². The lowest BCUT2D eigenvalue weighted by Crippen LogP contribution is -2.00. The molecule has 2 nitrogen and oxygen atoms in total. The Morgan fingerprint density at radius 2 is 2.00 bits per heavy atom. The van der Waals surface area contributed by atoms with Gasteiger partial charge in [-0.3, -0.25) is 4.98 Å². The van der Waals surface area contributed by atoms with Gasteiger partial charge in [0, 0.05) is 11.6 Å². The lowest BCUT2D eigenvalue weighted by molar-refractivity contribution is 0.306. The number of fused-ring (bicyclic) bond motifs is 1. The summed E-state index contributed by atoms with van der Waals surface area (Å²) in [7, 11) is 0. The third-order valence-electron chi connectivity index (χ3n) is 3.39. The van der Waals surface area contributed by atoms with E-state index < -0.39 is 0 Å². The lowest BCUT2D eigenvalue weighted by Gasteiger charge is -2.13. The predicted octanol–water partition coefficient (Wildman–Crippen LogP) is 4.21. The third kappa shape index (κ3) is 2.20. The number of rotatable bonds is 3. The highest BCUT2D eigenvalue weighted by Gasteiger charge is 2.25. The molecule has 1 saturated carbocycles. The number of benzene rings is 1. The zero-order chi connectivity index (χ0) is 12.7. The number of hydrogen-bond acceptors (Lipinski definition) is 2. The van der Waals surface area contributed by atoms with E-state index in [1.54, 1.807) is 0 Å². The lowest BCUT2D eigenvalue weighted by atomic mass is 10.00. The summed E-state index contributed by atoms with van der Waals surface area (Å²) in [5, 5.41) is 1.19. The Kier molecular flexibility index (Phi) is 2.73. The molecular weight excluding hydrogens is 222 g/mol. The number of pyridine rings is 1. The van der Waals surface area contributed by atoms with Crippen LogP contribution in [0.3, 0.4) is 0 Å². The van der Waals surface area contributed by atoms with Crippen molar-refractivity contribution in [3.8, 4) is 5.75 Å². The first-order chi connectivity index (χ1) is 8.63. The second-order valence-corrected chi connectivity index (χ2v) is 5.58. The summed E-state index contributed by atoms with van der Waals surface area (Å²) in [5.74, 6) is 1.47. The smallest absolute Gasteiger partial charge is 0.146 e. The molecule has 2 heteroatoms. The maximum Gasteiger partial charge on any atom is 0.146 e. The fraction of sp³-hybridized carbons (Fsp3) is 0.438. The molecule has 0 N–H and O–H groups in total. The Labute approximate surface area is 108 Å². The van der Waals surface area contributed by atoms with Gasteiger partial charge in [0.15, 0.2) is 0 Å². The van der Waals surface area contributed by atoms with Crippen molar-refractivity contribution in [2.75, 3.05) is 0 Å². The summed E-state index contributed by atoms with van der Waals surface area (Å²) in [6.45, 7) is 6.51. The van der Waals surface area contributed by atoms with Gasteiger partial charge in [0.25, 0.3) is 0 Å². The van der Waals surface area contributed by atoms with E-state index in [2.05, 4.69) is 44.0 Å². The van der Waals surface area contributed by atoms with E-state index >= 15 is 0 Å². The zero-order valence-electron chi connectivity index (χ0n) is 11.2. The molecule has 1 aliphatic rings. The van der Waals surface area contributed by atoms with E-state index in [4.69, 9.17) is 4.74 Å². The van der Waals surface area contributed by atoms with Gasteiger partial charge in [0.05, 0.1) is 6.10 Å². The monoisotopic (exact) mass is 241 g/mol. The molecule has 18 heavy (non-hydrogen) atoms. The maximum absolute atomic E-state index is 6.01. The molecule has 0 unspecified atom stereocenters. The standard InChI is InChI=1S/C16H19NO/c1-10(2)12-7-13-6-11(3)9-17-16(13)15(8-12)18-14-4-5-14/h6-10,14H,4-5H2,1-3H3. The molecule has 0 amide bonds. The van der Waals surface area contributed by atoms with E-state index in [-0.39, 0.29) is 0 Å². The number of aromatic nitrogens is 1. The molecule has 2 aromatic rings. The summed E-state index contributed by atoms with van der Waals surface area (Å²) >= 11 is 0. The zero-order valence-corrected chi connectivity index (χ0v) is 11.2. The highest BCUT2D eigenvalue weighted by Crippen LogP contribution is 2.34. The minimum absolute atomic E-state index is 0.415. The number of nitrogens with zero attached hydrogens (tertiary/aromatic N) is 1. The molecule has 0 saturated heterocycles. The highest BCUT2D eigenvalue weighted by atomic mass is 16.5. The van der Waals surface area contributed by atoms with Gasteiger partial charge < -0.3 is 4.74 Å². The second kappa shape index (κ2) is 4.27. The quantitative estimate of drug-likeness (QED) is 0.803. The van der Waals surface area contributed by atoms with Crippen LogP contribution < -0.4 is 4.74 Å². The Balaban J connectivity index is 2.16. The van der Waals surface area contributed by atoms with Crippen molar-refractivity contribution in [3.63, 3.8) is 0 Å². The first-order valence-corrected chi connectivity index (χ1v) is 6.70. The van der Waals surface area contributed by atoms with Crippen molar-refractivity contribution in [2.24, 2.45) is 0 Å². The van der Waals surface area contributed by atoms with Crippen molar-refractivity contribution in [3.05, 3.63) is 35.5 Å². The minimum atomic E-state index is 0.415. The van der Waals surface area contributed by atoms with Crippen LogP contribution in [0.25, 0.3) is 10.9 Å². The molecule has 94 valence electrons. The van der Waals surface area contributed by atoms with Gasteiger partial charge in [0.2, 0.25) is 0 Å². The Morgan fingerprint density at radius 1 is 1.22 bits per heavy atom. The second-order valence-electron chi connectivity index (χ2n) is 5.58. The molecule has 0 radical (unpaired) electrons. The van der Waals surface area contributed by atoms with Crippen LogP contribution in [-0.4, -0.2) is 11.1 Å². The van der Waals surface area contributed by atoms with Crippen molar-refractivity contribution in [1.29, 1.82) is 0 Å². The first-order valence-electron chi connectivity index (χ1n) is 6.70. The average molecular weight is 241 g/mol. The molecule has 1 fully saturated rings. The summed E-state index contributed by atoms with van der Waals surface area (Å²) in [6, 6.07) is 6.58. The minimum Gasteiger partial charge on any atom is -0.488 e. The van der Waals surface area contributed by atoms with Crippen LogP contribution in [0, 0.1) is 6.92 Å². The van der Waals surface area contributed by atoms with Crippen LogP contribution in [0.4, 0.5) is 0 Å². The summed E-state index contributed by atoms with van der Waals surface area (Å²) in [6.07, 6.45) is 4.69. The van der Waals surface area contributed by atoms with Gasteiger partial charge in [-0.05, 0) is 55.0 Å². The van der Waals surface area contributed by atoms with Crippen molar-refractivity contribution in [2.45, 2.75) is 45.6 Å². The first kappa shape index (κ1) is 11.5. The van der Waals surface area contributed by atoms with Gasteiger partial charge >= 0.3 is 0 Å². The van der Waals surface area contributed by atoms with Crippen LogP contribution in [-0.2, 0) is 0 Å². The van der Waals surface area contributed by atoms with Crippen LogP contribution >= 0.6 is 0 Å². The summed E-state index contributed by atoms with van der Waals surface area (Å²) in [5.41, 5.74) is 3.52. The number of ether oxygens (including phenoxy) is 1. The number of aryl methyl sites for hydroxylation is 1. The SMILES string of the molecule is Cc1cnc2c(OC3CC3)cc(C(C)C)cc2c1. The van der Waals surface area contributed by atoms with Gasteiger partial charge in [-0.15, -0.1) is 0 Å². The molecule has 3 rings (SSSR count). The van der Waals surface area contributed by atoms with Crippen LogP contribution in [0.15, 0.2) is 24.4 Å². The van der Waals surface area contributed by atoms with Crippen molar-refractivity contribution >= 4 is 10.9 Å². The summed E-state index contributed by atoms with van der Waals surface area (Å²) < 4.78 is 6.01. The Morgan fingerprint density at radius 3 is 2.67 bits per heavy atom. The molecule has 1 aromatic heterocycles. The van der Waals surface area contributed by atoms with Crippen molar-refractivity contribution < 1.29 is 4.74 Å². The summed E-state index contributed by atoms with van der Waals surface area (Å²) in [4.78, 5) is 4.54. The number of hydrogen-bond donors (Lipinski definition) is 0. The Hall–Kier alpha value is -1.57. The fourth-order valence-corrected chi connectivity index (χ4v) is 2.14. The van der Waals surface area contributed by atoms with E-state index in [1.165, 1.54) is 29.4 Å². The topological polar surface area (TPSA) is 22.1 Å². The molecular formula is C16H19NO. The van der Waals surface area contributed by atoms with Gasteiger partial charge in [-0.2, -0.15) is 0 Å². The highest BCUT2D eigenvalue weighted by molar-refractivity contribution is 5.85. The molecule has 1 aromatic carbocycles. The molecule has 0 bridgehead atoms. The molecule has 0 atom stereocenters. The van der Waals surface area contributed by atoms with Gasteiger partial charge in [-0.1, -0.05) is 13.8 Å². The largest absolute Gasteiger partial charge is 0.488 e. The molecule has 1 heterocycles. The van der Waals surface area contributed by atoms with E-state index in [0.29, 0.717) is 12.0 Å². The predicted molar refractivity (Wildman–Crippen MR) is 74.2 cm³/mol. The maximum atomic E-state index is 6.01. The van der Waals surface area contributed by atoms with Gasteiger partial charge in [-0.25, -0.2) is 0 Å². The molecule has 0 spiro atoms. The normalized spacial score (nSPS) is 15.3. The third-order valence-corrected chi connectivity index (χ3v) is 3.39. The van der Waals surface area contributed by atoms with Gasteiger partial charge in [0.1, 0.15) is 11.3 Å². The van der Waals surface area contributed by atoms with Crippen molar-refractivity contribution in [1.82, 2.24) is 4.98 Å². The van der Waals surface area contributed by atoms with Crippen LogP contribution in [0.1, 0.15) is 43.7 Å². The molecule has 0 aliphatic heterocycles. The fourth-order valence-electron chi connectivity index (χ4n) is 2.14.